The van der Waals surface area contributed by atoms with Gasteiger partial charge in [-0.15, -0.1) is 0 Å². The summed E-state index contributed by atoms with van der Waals surface area (Å²) < 4.78 is 5.54. The van der Waals surface area contributed by atoms with Crippen molar-refractivity contribution >= 4 is 11.6 Å². The lowest BCUT2D eigenvalue weighted by Gasteiger charge is -2.08. The number of rotatable bonds is 2. The monoisotopic (exact) mass is 234 g/mol. The molecule has 0 unspecified atom stereocenters. The molecule has 0 saturated carbocycles. The molecule has 0 heterocycles. The van der Waals surface area contributed by atoms with Crippen LogP contribution >= 0.6 is 11.6 Å². The van der Waals surface area contributed by atoms with E-state index in [1.54, 1.807) is 36.4 Å². The molecule has 2 aromatic rings. The van der Waals surface area contributed by atoms with E-state index in [2.05, 4.69) is 0 Å². The summed E-state index contributed by atoms with van der Waals surface area (Å²) in [6.07, 6.45) is 0. The maximum Gasteiger partial charge on any atom is 0.169 e. The third-order valence-corrected chi connectivity index (χ3v) is 2.41. The second-order valence-corrected chi connectivity index (χ2v) is 3.96. The van der Waals surface area contributed by atoms with E-state index in [-0.39, 0.29) is 5.75 Å². The topological polar surface area (TPSA) is 29.5 Å². The molecule has 16 heavy (non-hydrogen) atoms. The molecule has 0 saturated heterocycles. The van der Waals surface area contributed by atoms with E-state index in [1.165, 1.54) is 0 Å². The number of phenolic OH excluding ortho intramolecular Hbond substituents is 1. The molecule has 2 rings (SSSR count). The SMILES string of the molecule is Cc1ccc(O)c(Oc2ccc(Cl)cc2)c1. The zero-order valence-corrected chi connectivity index (χ0v) is 9.53. The van der Waals surface area contributed by atoms with E-state index in [4.69, 9.17) is 16.3 Å². The molecule has 0 atom stereocenters. The Hall–Kier alpha value is -1.67. The molecule has 0 aliphatic carbocycles. The summed E-state index contributed by atoms with van der Waals surface area (Å²) in [5.41, 5.74) is 1.03. The molecule has 82 valence electrons. The van der Waals surface area contributed by atoms with Crippen molar-refractivity contribution in [3.63, 3.8) is 0 Å². The van der Waals surface area contributed by atoms with E-state index in [1.807, 2.05) is 13.0 Å². The summed E-state index contributed by atoms with van der Waals surface area (Å²) >= 11 is 5.77. The van der Waals surface area contributed by atoms with Crippen molar-refractivity contribution in [3.05, 3.63) is 53.1 Å². The Morgan fingerprint density at radius 1 is 1.06 bits per heavy atom. The smallest absolute Gasteiger partial charge is 0.169 e. The van der Waals surface area contributed by atoms with Gasteiger partial charge < -0.3 is 9.84 Å². The number of phenols is 1. The molecule has 2 aromatic carbocycles. The fourth-order valence-corrected chi connectivity index (χ4v) is 1.46. The standard InChI is InChI=1S/C13H11ClO2/c1-9-2-7-12(15)13(8-9)16-11-5-3-10(14)4-6-11/h2-8,15H,1H3. The van der Waals surface area contributed by atoms with E-state index >= 15 is 0 Å². The molecule has 0 aliphatic heterocycles. The molecule has 2 nitrogen and oxygen atoms in total. The van der Waals surface area contributed by atoms with Crippen LogP contribution in [0, 0.1) is 6.92 Å². The van der Waals surface area contributed by atoms with E-state index < -0.39 is 0 Å². The van der Waals surface area contributed by atoms with E-state index in [0.29, 0.717) is 16.5 Å². The van der Waals surface area contributed by atoms with Gasteiger partial charge in [-0.2, -0.15) is 0 Å². The highest BCUT2D eigenvalue weighted by Crippen LogP contribution is 2.31. The van der Waals surface area contributed by atoms with E-state index in [0.717, 1.165) is 5.56 Å². The fraction of sp³-hybridized carbons (Fsp3) is 0.0769. The molecular weight excluding hydrogens is 224 g/mol. The number of hydrogen-bond acceptors (Lipinski definition) is 2. The van der Waals surface area contributed by atoms with Gasteiger partial charge in [0.25, 0.3) is 0 Å². The molecule has 0 aliphatic rings. The van der Waals surface area contributed by atoms with Crippen molar-refractivity contribution in [2.45, 2.75) is 6.92 Å². The van der Waals surface area contributed by atoms with Crippen molar-refractivity contribution in [1.29, 1.82) is 0 Å². The van der Waals surface area contributed by atoms with Crippen LogP contribution in [0.4, 0.5) is 0 Å². The van der Waals surface area contributed by atoms with Crippen LogP contribution in [0.1, 0.15) is 5.56 Å². The van der Waals surface area contributed by atoms with Crippen LogP contribution in [0.3, 0.4) is 0 Å². The minimum absolute atomic E-state index is 0.126. The van der Waals surface area contributed by atoms with Gasteiger partial charge in [-0.25, -0.2) is 0 Å². The molecule has 0 bridgehead atoms. The molecule has 0 radical (unpaired) electrons. The Morgan fingerprint density at radius 3 is 2.44 bits per heavy atom. The average Bonchev–Trinajstić information content (AvgIpc) is 2.27. The van der Waals surface area contributed by atoms with Gasteiger partial charge in [0.2, 0.25) is 0 Å². The highest BCUT2D eigenvalue weighted by atomic mass is 35.5. The predicted molar refractivity (Wildman–Crippen MR) is 64.4 cm³/mol. The van der Waals surface area contributed by atoms with Crippen LogP contribution in [-0.4, -0.2) is 5.11 Å². The third-order valence-electron chi connectivity index (χ3n) is 2.16. The van der Waals surface area contributed by atoms with Gasteiger partial charge in [0, 0.05) is 5.02 Å². The highest BCUT2D eigenvalue weighted by Gasteiger charge is 2.03. The lowest BCUT2D eigenvalue weighted by Crippen LogP contribution is -1.85. The van der Waals surface area contributed by atoms with Crippen LogP contribution in [0.5, 0.6) is 17.2 Å². The molecule has 0 fully saturated rings. The quantitative estimate of drug-likeness (QED) is 0.846. The number of ether oxygens (including phenoxy) is 1. The minimum atomic E-state index is 0.126. The number of benzene rings is 2. The Labute approximate surface area is 99.1 Å². The summed E-state index contributed by atoms with van der Waals surface area (Å²) in [5, 5.41) is 10.3. The second-order valence-electron chi connectivity index (χ2n) is 3.53. The molecular formula is C13H11ClO2. The van der Waals surface area contributed by atoms with Gasteiger partial charge in [0.1, 0.15) is 5.75 Å². The van der Waals surface area contributed by atoms with Gasteiger partial charge >= 0.3 is 0 Å². The molecule has 0 amide bonds. The summed E-state index contributed by atoms with van der Waals surface area (Å²) in [5.74, 6) is 1.22. The molecule has 0 spiro atoms. The van der Waals surface area contributed by atoms with Crippen LogP contribution in [0.15, 0.2) is 42.5 Å². The predicted octanol–water partition coefficient (Wildman–Crippen LogP) is 4.15. The first-order valence-corrected chi connectivity index (χ1v) is 5.26. The average molecular weight is 235 g/mol. The maximum atomic E-state index is 9.60. The lowest BCUT2D eigenvalue weighted by molar-refractivity contribution is 0.411. The summed E-state index contributed by atoms with van der Waals surface area (Å²) in [6.45, 7) is 1.94. The summed E-state index contributed by atoms with van der Waals surface area (Å²) in [4.78, 5) is 0. The van der Waals surface area contributed by atoms with Gasteiger partial charge in [-0.05, 0) is 48.9 Å². The first-order valence-electron chi connectivity index (χ1n) is 4.88. The van der Waals surface area contributed by atoms with Crippen molar-refractivity contribution in [2.24, 2.45) is 0 Å². The maximum absolute atomic E-state index is 9.60. The van der Waals surface area contributed by atoms with Crippen LogP contribution in [0.2, 0.25) is 5.02 Å². The van der Waals surface area contributed by atoms with Gasteiger partial charge in [0.15, 0.2) is 11.5 Å². The first kappa shape index (κ1) is 10.8. The molecule has 3 heteroatoms. The summed E-state index contributed by atoms with van der Waals surface area (Å²) in [6, 6.07) is 12.2. The number of hydrogen-bond donors (Lipinski definition) is 1. The Bertz CT molecular complexity index is 492. The lowest BCUT2D eigenvalue weighted by atomic mass is 10.2. The molecule has 1 N–H and O–H groups in total. The second kappa shape index (κ2) is 4.45. The van der Waals surface area contributed by atoms with Crippen molar-refractivity contribution in [3.8, 4) is 17.2 Å². The number of halogens is 1. The van der Waals surface area contributed by atoms with Crippen molar-refractivity contribution < 1.29 is 9.84 Å². The number of aromatic hydroxyl groups is 1. The molecule has 0 aromatic heterocycles. The first-order chi connectivity index (χ1) is 7.65. The Kier molecular flexibility index (Phi) is 3.02. The van der Waals surface area contributed by atoms with Gasteiger partial charge in [-0.3, -0.25) is 0 Å². The van der Waals surface area contributed by atoms with Gasteiger partial charge in [-0.1, -0.05) is 17.7 Å². The summed E-state index contributed by atoms with van der Waals surface area (Å²) in [7, 11) is 0. The number of aryl methyl sites for hydroxylation is 1. The van der Waals surface area contributed by atoms with Crippen molar-refractivity contribution in [2.75, 3.05) is 0 Å². The van der Waals surface area contributed by atoms with Crippen molar-refractivity contribution in [1.82, 2.24) is 0 Å². The van der Waals surface area contributed by atoms with Crippen LogP contribution in [-0.2, 0) is 0 Å². The zero-order chi connectivity index (χ0) is 11.5. The Morgan fingerprint density at radius 2 is 1.75 bits per heavy atom. The third kappa shape index (κ3) is 2.47. The fourth-order valence-electron chi connectivity index (χ4n) is 1.33. The zero-order valence-electron chi connectivity index (χ0n) is 8.77. The van der Waals surface area contributed by atoms with E-state index in [9.17, 15) is 5.11 Å². The minimum Gasteiger partial charge on any atom is -0.504 e. The normalized spacial score (nSPS) is 10.1. The van der Waals surface area contributed by atoms with Gasteiger partial charge in [0.05, 0.1) is 0 Å². The Balaban J connectivity index is 2.26. The van der Waals surface area contributed by atoms with Crippen LogP contribution in [0.25, 0.3) is 0 Å². The largest absolute Gasteiger partial charge is 0.504 e. The van der Waals surface area contributed by atoms with Crippen LogP contribution < -0.4 is 4.74 Å². The highest BCUT2D eigenvalue weighted by molar-refractivity contribution is 6.30.